The summed E-state index contributed by atoms with van der Waals surface area (Å²) in [5, 5.41) is 4.42. The molecule has 2 unspecified atom stereocenters. The summed E-state index contributed by atoms with van der Waals surface area (Å²) in [5.74, 6) is 0. The molecule has 0 saturated carbocycles. The Hall–Kier alpha value is -0.570. The van der Waals surface area contributed by atoms with Crippen molar-refractivity contribution >= 4 is 11.6 Å². The number of nitrogens with zero attached hydrogens (tertiary/aromatic N) is 1. The van der Waals surface area contributed by atoms with Crippen LogP contribution in [0.5, 0.6) is 0 Å². The molecular weight excluding hydrogens is 280 g/mol. The van der Waals surface area contributed by atoms with Gasteiger partial charge in [-0.05, 0) is 62.9 Å². The van der Waals surface area contributed by atoms with Gasteiger partial charge in [0.05, 0.1) is 0 Å². The fourth-order valence-corrected chi connectivity index (χ4v) is 3.78. The lowest BCUT2D eigenvalue weighted by molar-refractivity contribution is 0.101. The van der Waals surface area contributed by atoms with Gasteiger partial charge in [0.15, 0.2) is 0 Å². The van der Waals surface area contributed by atoms with Gasteiger partial charge in [-0.1, -0.05) is 37.1 Å². The first kappa shape index (κ1) is 16.8. The first-order valence-electron chi connectivity index (χ1n) is 8.23. The smallest absolute Gasteiger partial charge is 0.0406 e. The number of nitrogens with one attached hydrogen (secondary N) is 1. The van der Waals surface area contributed by atoms with Crippen LogP contribution in [-0.2, 0) is 0 Å². The number of benzene rings is 1. The Balaban J connectivity index is 2.03. The fraction of sp³-hybridized carbons (Fsp3) is 0.667. The minimum atomic E-state index is 0.429. The maximum absolute atomic E-state index is 5.99. The van der Waals surface area contributed by atoms with E-state index >= 15 is 0 Å². The summed E-state index contributed by atoms with van der Waals surface area (Å²) in [6.45, 7) is 8.11. The second-order valence-electron chi connectivity index (χ2n) is 6.67. The maximum atomic E-state index is 5.99. The molecule has 1 fully saturated rings. The summed E-state index contributed by atoms with van der Waals surface area (Å²) in [4.78, 5) is 2.51. The van der Waals surface area contributed by atoms with Crippen molar-refractivity contribution in [3.05, 3.63) is 34.9 Å². The number of hydrogen-bond donors (Lipinski definition) is 1. The molecule has 21 heavy (non-hydrogen) atoms. The molecule has 2 nitrogen and oxygen atoms in total. The molecular formula is C18H29ClN2. The molecule has 1 aromatic rings. The zero-order chi connectivity index (χ0) is 15.3. The lowest BCUT2D eigenvalue weighted by Gasteiger charge is -2.42. The van der Waals surface area contributed by atoms with Crippen molar-refractivity contribution in [1.29, 1.82) is 0 Å². The van der Waals surface area contributed by atoms with Crippen molar-refractivity contribution in [1.82, 2.24) is 10.2 Å². The SMILES string of the molecule is CCCC1(CN(C)C(C)c2ccc(Cl)cc2)CCCNC1. The van der Waals surface area contributed by atoms with Gasteiger partial charge in [0.2, 0.25) is 0 Å². The standard InChI is InChI=1S/C18H29ClN2/c1-4-10-18(11-5-12-20-13-18)14-21(3)15(2)16-6-8-17(19)9-7-16/h6-9,15,20H,4-5,10-14H2,1-3H3. The predicted octanol–water partition coefficient (Wildman–Crippen LogP) is 4.50. The largest absolute Gasteiger partial charge is 0.316 e. The van der Waals surface area contributed by atoms with Crippen LogP contribution in [0.15, 0.2) is 24.3 Å². The van der Waals surface area contributed by atoms with E-state index in [1.165, 1.54) is 44.3 Å². The summed E-state index contributed by atoms with van der Waals surface area (Å²) < 4.78 is 0. The second-order valence-corrected chi connectivity index (χ2v) is 7.11. The number of halogens is 1. The van der Waals surface area contributed by atoms with E-state index in [1.807, 2.05) is 12.1 Å². The van der Waals surface area contributed by atoms with Gasteiger partial charge in [-0.2, -0.15) is 0 Å². The highest BCUT2D eigenvalue weighted by molar-refractivity contribution is 6.30. The van der Waals surface area contributed by atoms with Crippen LogP contribution < -0.4 is 5.32 Å². The Morgan fingerprint density at radius 1 is 1.33 bits per heavy atom. The third kappa shape index (κ3) is 4.45. The van der Waals surface area contributed by atoms with E-state index in [9.17, 15) is 0 Å². The molecule has 1 aromatic carbocycles. The van der Waals surface area contributed by atoms with Crippen molar-refractivity contribution in [2.45, 2.75) is 45.6 Å². The Morgan fingerprint density at radius 2 is 2.05 bits per heavy atom. The van der Waals surface area contributed by atoms with E-state index in [2.05, 4.69) is 43.2 Å². The molecule has 2 atom stereocenters. The summed E-state index contributed by atoms with van der Waals surface area (Å²) in [7, 11) is 2.26. The number of piperidine rings is 1. The normalized spacial score (nSPS) is 24.2. The Morgan fingerprint density at radius 3 is 2.62 bits per heavy atom. The molecule has 118 valence electrons. The van der Waals surface area contributed by atoms with Gasteiger partial charge in [-0.15, -0.1) is 0 Å². The molecule has 2 rings (SSSR count). The van der Waals surface area contributed by atoms with Crippen molar-refractivity contribution < 1.29 is 0 Å². The van der Waals surface area contributed by atoms with Crippen LogP contribution in [-0.4, -0.2) is 31.6 Å². The van der Waals surface area contributed by atoms with E-state index in [1.54, 1.807) is 0 Å². The lowest BCUT2D eigenvalue weighted by Crippen LogP contribution is -2.47. The van der Waals surface area contributed by atoms with Gasteiger partial charge < -0.3 is 5.32 Å². The van der Waals surface area contributed by atoms with Crippen LogP contribution in [0.2, 0.25) is 5.02 Å². The van der Waals surface area contributed by atoms with E-state index < -0.39 is 0 Å². The van der Waals surface area contributed by atoms with E-state index in [0.717, 1.165) is 11.6 Å². The summed E-state index contributed by atoms with van der Waals surface area (Å²) >= 11 is 5.99. The van der Waals surface area contributed by atoms with E-state index in [4.69, 9.17) is 11.6 Å². The molecule has 1 saturated heterocycles. The highest BCUT2D eigenvalue weighted by Gasteiger charge is 2.33. The minimum absolute atomic E-state index is 0.429. The minimum Gasteiger partial charge on any atom is -0.316 e. The van der Waals surface area contributed by atoms with Gasteiger partial charge in [-0.3, -0.25) is 4.90 Å². The summed E-state index contributed by atoms with van der Waals surface area (Å²) in [6.07, 6.45) is 5.25. The molecule has 1 heterocycles. The van der Waals surface area contributed by atoms with Crippen molar-refractivity contribution in [2.75, 3.05) is 26.7 Å². The number of rotatable bonds is 6. The highest BCUT2D eigenvalue weighted by atomic mass is 35.5. The molecule has 0 amide bonds. The zero-order valence-corrected chi connectivity index (χ0v) is 14.4. The number of hydrogen-bond acceptors (Lipinski definition) is 2. The van der Waals surface area contributed by atoms with Gasteiger partial charge in [0.25, 0.3) is 0 Å². The van der Waals surface area contributed by atoms with Crippen LogP contribution in [0.4, 0.5) is 0 Å². The van der Waals surface area contributed by atoms with Crippen LogP contribution in [0.1, 0.15) is 51.1 Å². The molecule has 0 spiro atoms. The lowest BCUT2D eigenvalue weighted by atomic mass is 9.76. The van der Waals surface area contributed by atoms with E-state index in [-0.39, 0.29) is 0 Å². The van der Waals surface area contributed by atoms with Crippen LogP contribution in [0.25, 0.3) is 0 Å². The van der Waals surface area contributed by atoms with Crippen molar-refractivity contribution in [3.8, 4) is 0 Å². The zero-order valence-electron chi connectivity index (χ0n) is 13.7. The molecule has 3 heteroatoms. The Bertz CT molecular complexity index is 418. The average molecular weight is 309 g/mol. The summed E-state index contributed by atoms with van der Waals surface area (Å²) in [6, 6.07) is 8.71. The van der Waals surface area contributed by atoms with E-state index in [0.29, 0.717) is 11.5 Å². The van der Waals surface area contributed by atoms with Crippen LogP contribution >= 0.6 is 11.6 Å². The molecule has 0 aliphatic carbocycles. The van der Waals surface area contributed by atoms with Gasteiger partial charge >= 0.3 is 0 Å². The molecule has 0 bridgehead atoms. The average Bonchev–Trinajstić information content (AvgIpc) is 2.48. The maximum Gasteiger partial charge on any atom is 0.0406 e. The fourth-order valence-electron chi connectivity index (χ4n) is 3.65. The Kier molecular flexibility index (Phi) is 6.09. The van der Waals surface area contributed by atoms with Crippen molar-refractivity contribution in [2.24, 2.45) is 5.41 Å². The second kappa shape index (κ2) is 7.62. The quantitative estimate of drug-likeness (QED) is 0.832. The summed E-state index contributed by atoms with van der Waals surface area (Å²) in [5.41, 5.74) is 1.79. The molecule has 1 aliphatic heterocycles. The predicted molar refractivity (Wildman–Crippen MR) is 91.9 cm³/mol. The van der Waals surface area contributed by atoms with Crippen LogP contribution in [0.3, 0.4) is 0 Å². The first-order valence-corrected chi connectivity index (χ1v) is 8.60. The first-order chi connectivity index (χ1) is 10.1. The molecule has 1 aliphatic rings. The van der Waals surface area contributed by atoms with Gasteiger partial charge in [0.1, 0.15) is 0 Å². The topological polar surface area (TPSA) is 15.3 Å². The molecule has 1 N–H and O–H groups in total. The molecule has 0 radical (unpaired) electrons. The van der Waals surface area contributed by atoms with Crippen LogP contribution in [0, 0.1) is 5.41 Å². The third-order valence-corrected chi connectivity index (χ3v) is 5.19. The Labute approximate surface area is 134 Å². The third-order valence-electron chi connectivity index (χ3n) is 4.94. The monoisotopic (exact) mass is 308 g/mol. The van der Waals surface area contributed by atoms with Gasteiger partial charge in [0, 0.05) is 24.2 Å². The van der Waals surface area contributed by atoms with Gasteiger partial charge in [-0.25, -0.2) is 0 Å². The van der Waals surface area contributed by atoms with Crippen molar-refractivity contribution in [3.63, 3.8) is 0 Å². The highest BCUT2D eigenvalue weighted by Crippen LogP contribution is 2.34. The molecule has 0 aromatic heterocycles.